The van der Waals surface area contributed by atoms with Crippen molar-refractivity contribution in [3.63, 3.8) is 0 Å². The number of aryl methyl sites for hydroxylation is 1. The second-order valence-electron chi connectivity index (χ2n) is 5.97. The largest absolute Gasteiger partial charge is 0.300 e. The molecule has 7 nitrogen and oxygen atoms in total. The van der Waals surface area contributed by atoms with Crippen molar-refractivity contribution in [2.75, 3.05) is 12.4 Å². The van der Waals surface area contributed by atoms with Crippen molar-refractivity contribution < 1.29 is 18.0 Å². The number of nitrogens with zero attached hydrogens (tertiary/aromatic N) is 2. The van der Waals surface area contributed by atoms with E-state index in [1.54, 1.807) is 30.5 Å². The molecule has 0 saturated carbocycles. The van der Waals surface area contributed by atoms with Crippen LogP contribution >= 0.6 is 34.3 Å². The summed E-state index contributed by atoms with van der Waals surface area (Å²) in [6.45, 7) is 1.77. The smallest absolute Gasteiger partial charge is 0.252 e. The van der Waals surface area contributed by atoms with Gasteiger partial charge in [-0.25, -0.2) is 13.4 Å². The molecule has 1 N–H and O–H groups in total. The highest BCUT2D eigenvalue weighted by molar-refractivity contribution is 7.89. The van der Waals surface area contributed by atoms with Gasteiger partial charge < -0.3 is 5.32 Å². The summed E-state index contributed by atoms with van der Waals surface area (Å²) in [6.07, 6.45) is 0. The number of carbonyl (C=O) groups is 2. The van der Waals surface area contributed by atoms with Crippen LogP contribution in [-0.2, 0) is 14.8 Å². The van der Waals surface area contributed by atoms with Gasteiger partial charge in [0.2, 0.25) is 15.8 Å². The SMILES string of the molecule is Cc1csc(NC(=O)C2C(=O)c3sc4cc(Cl)ccc4c3S(=O)(=O)N2C)n1. The quantitative estimate of drug-likeness (QED) is 0.616. The molecule has 1 unspecified atom stereocenters. The number of nitrogens with one attached hydrogen (secondary N) is 1. The molecule has 140 valence electrons. The molecule has 11 heteroatoms. The normalized spacial score (nSPS) is 19.2. The third-order valence-corrected chi connectivity index (χ3v) is 8.49. The number of ketones is 1. The summed E-state index contributed by atoms with van der Waals surface area (Å²) in [5, 5.41) is 5.45. The van der Waals surface area contributed by atoms with Crippen LogP contribution in [0.2, 0.25) is 5.02 Å². The highest BCUT2D eigenvalue weighted by Gasteiger charge is 2.47. The van der Waals surface area contributed by atoms with Crippen molar-refractivity contribution >= 4 is 71.2 Å². The van der Waals surface area contributed by atoms with Crippen LogP contribution in [0, 0.1) is 6.92 Å². The molecule has 1 amide bonds. The first-order chi connectivity index (χ1) is 12.7. The summed E-state index contributed by atoms with van der Waals surface area (Å²) >= 11 is 8.21. The van der Waals surface area contributed by atoms with Gasteiger partial charge in [-0.15, -0.1) is 22.7 Å². The van der Waals surface area contributed by atoms with Crippen LogP contribution in [0.3, 0.4) is 0 Å². The topological polar surface area (TPSA) is 96.4 Å². The number of sulfonamides is 1. The van der Waals surface area contributed by atoms with Gasteiger partial charge in [0.1, 0.15) is 4.90 Å². The summed E-state index contributed by atoms with van der Waals surface area (Å²) in [5.74, 6) is -1.30. The standard InChI is InChI=1S/C16H12ClN3O4S3/c1-7-6-25-16(18-7)19-15(22)11-12(21)13-14(27(23,24)20(11)2)9-4-3-8(17)5-10(9)26-13/h3-6,11H,1-2H3,(H,18,19,22). The maximum absolute atomic E-state index is 13.0. The van der Waals surface area contributed by atoms with Gasteiger partial charge >= 0.3 is 0 Å². The number of carbonyl (C=O) groups excluding carboxylic acids is 2. The van der Waals surface area contributed by atoms with E-state index >= 15 is 0 Å². The summed E-state index contributed by atoms with van der Waals surface area (Å²) in [4.78, 5) is 29.8. The fourth-order valence-corrected chi connectivity index (χ4v) is 6.99. The van der Waals surface area contributed by atoms with E-state index in [0.29, 0.717) is 20.2 Å². The fourth-order valence-electron chi connectivity index (χ4n) is 2.91. The number of hydrogen-bond donors (Lipinski definition) is 1. The number of hydrogen-bond acceptors (Lipinski definition) is 7. The molecule has 0 spiro atoms. The number of thiazole rings is 1. The Kier molecular flexibility index (Phi) is 4.35. The Morgan fingerprint density at radius 2 is 2.11 bits per heavy atom. The van der Waals surface area contributed by atoms with Crippen LogP contribution in [0.4, 0.5) is 5.13 Å². The molecule has 0 radical (unpaired) electrons. The van der Waals surface area contributed by atoms with E-state index in [-0.39, 0.29) is 9.77 Å². The minimum atomic E-state index is -4.03. The molecule has 1 aliphatic heterocycles. The van der Waals surface area contributed by atoms with Crippen LogP contribution < -0.4 is 5.32 Å². The molecular weight excluding hydrogens is 430 g/mol. The van der Waals surface area contributed by atoms with Crippen LogP contribution in [0.1, 0.15) is 15.4 Å². The van der Waals surface area contributed by atoms with Crippen molar-refractivity contribution in [1.29, 1.82) is 0 Å². The van der Waals surface area contributed by atoms with E-state index in [4.69, 9.17) is 11.6 Å². The number of likely N-dealkylation sites (N-methyl/N-ethyl adjacent to an activating group) is 1. The van der Waals surface area contributed by atoms with Crippen LogP contribution in [0.5, 0.6) is 0 Å². The lowest BCUT2D eigenvalue weighted by Crippen LogP contribution is -2.52. The minimum absolute atomic E-state index is 0.0424. The van der Waals surface area contributed by atoms with Crippen molar-refractivity contribution in [3.05, 3.63) is 39.2 Å². The van der Waals surface area contributed by atoms with Crippen molar-refractivity contribution in [2.24, 2.45) is 0 Å². The molecular formula is C16H12ClN3O4S3. The van der Waals surface area contributed by atoms with Gasteiger partial charge in [-0.3, -0.25) is 9.59 Å². The predicted octanol–water partition coefficient (Wildman–Crippen LogP) is 3.14. The molecule has 1 aromatic carbocycles. The number of anilines is 1. The first kappa shape index (κ1) is 18.5. The number of Topliss-reactive ketones (excluding diaryl/α,β-unsaturated/α-hetero) is 1. The summed E-state index contributed by atoms with van der Waals surface area (Å²) in [5.41, 5.74) is 0.718. The molecule has 27 heavy (non-hydrogen) atoms. The highest BCUT2D eigenvalue weighted by atomic mass is 35.5. The van der Waals surface area contributed by atoms with E-state index in [0.717, 1.165) is 21.3 Å². The van der Waals surface area contributed by atoms with Crippen molar-refractivity contribution in [2.45, 2.75) is 17.9 Å². The number of rotatable bonds is 2. The minimum Gasteiger partial charge on any atom is -0.300 e. The molecule has 1 atom stereocenters. The predicted molar refractivity (Wildman–Crippen MR) is 105 cm³/mol. The summed E-state index contributed by atoms with van der Waals surface area (Å²) in [7, 11) is -2.80. The Balaban J connectivity index is 1.82. The molecule has 0 fully saturated rings. The van der Waals surface area contributed by atoms with Crippen LogP contribution in [0.25, 0.3) is 10.1 Å². The van der Waals surface area contributed by atoms with E-state index in [2.05, 4.69) is 10.3 Å². The second kappa shape index (κ2) is 6.35. The van der Waals surface area contributed by atoms with Gasteiger partial charge in [-0.2, -0.15) is 4.31 Å². The van der Waals surface area contributed by atoms with Gasteiger partial charge in [0, 0.05) is 27.5 Å². The second-order valence-corrected chi connectivity index (χ2v) is 10.3. The average molecular weight is 442 g/mol. The van der Waals surface area contributed by atoms with Gasteiger partial charge in [0.05, 0.1) is 10.6 Å². The van der Waals surface area contributed by atoms with E-state index < -0.39 is 27.8 Å². The monoisotopic (exact) mass is 441 g/mol. The first-order valence-corrected chi connectivity index (χ1v) is 11.2. The Labute approximate surface area is 167 Å². The van der Waals surface area contributed by atoms with Crippen LogP contribution in [-0.4, -0.2) is 42.5 Å². The molecule has 1 aliphatic rings. The number of aromatic nitrogens is 1. The zero-order valence-electron chi connectivity index (χ0n) is 14.0. The highest BCUT2D eigenvalue weighted by Crippen LogP contribution is 2.41. The Morgan fingerprint density at radius 3 is 2.78 bits per heavy atom. The Bertz CT molecular complexity index is 1210. The van der Waals surface area contributed by atoms with Crippen molar-refractivity contribution in [1.82, 2.24) is 9.29 Å². The zero-order valence-corrected chi connectivity index (χ0v) is 17.2. The van der Waals surface area contributed by atoms with E-state index in [1.165, 1.54) is 18.4 Å². The Morgan fingerprint density at radius 1 is 1.37 bits per heavy atom. The third-order valence-electron chi connectivity index (χ3n) is 4.18. The number of fused-ring (bicyclic) bond motifs is 3. The zero-order chi connectivity index (χ0) is 19.5. The average Bonchev–Trinajstić information content (AvgIpc) is 3.17. The fraction of sp³-hybridized carbons (Fsp3) is 0.188. The molecule has 3 heterocycles. The molecule has 0 saturated heterocycles. The number of thiophene rings is 1. The van der Waals surface area contributed by atoms with Gasteiger partial charge in [-0.05, 0) is 19.1 Å². The Hall–Kier alpha value is -1.85. The number of benzene rings is 1. The maximum Gasteiger partial charge on any atom is 0.252 e. The lowest BCUT2D eigenvalue weighted by Gasteiger charge is -2.29. The lowest BCUT2D eigenvalue weighted by molar-refractivity contribution is -0.118. The van der Waals surface area contributed by atoms with Gasteiger partial charge in [0.25, 0.3) is 5.91 Å². The lowest BCUT2D eigenvalue weighted by atomic mass is 10.1. The van der Waals surface area contributed by atoms with Gasteiger partial charge in [0.15, 0.2) is 11.2 Å². The van der Waals surface area contributed by atoms with Crippen LogP contribution in [0.15, 0.2) is 28.5 Å². The maximum atomic E-state index is 13.0. The molecule has 0 bridgehead atoms. The van der Waals surface area contributed by atoms with Gasteiger partial charge in [-0.1, -0.05) is 17.7 Å². The number of halogens is 1. The first-order valence-electron chi connectivity index (χ1n) is 7.67. The number of amides is 1. The molecule has 4 rings (SSSR count). The summed E-state index contributed by atoms with van der Waals surface area (Å²) < 4.78 is 27.5. The molecule has 2 aromatic heterocycles. The van der Waals surface area contributed by atoms with E-state index in [9.17, 15) is 18.0 Å². The molecule has 3 aromatic rings. The summed E-state index contributed by atoms with van der Waals surface area (Å²) in [6, 6.07) is 3.26. The van der Waals surface area contributed by atoms with E-state index in [1.807, 2.05) is 0 Å². The molecule has 0 aliphatic carbocycles. The third kappa shape index (κ3) is 2.88. The van der Waals surface area contributed by atoms with Crippen molar-refractivity contribution in [3.8, 4) is 0 Å².